The number of amides is 1. The molecule has 42 heavy (non-hydrogen) atoms. The van der Waals surface area contributed by atoms with Crippen molar-refractivity contribution in [3.63, 3.8) is 0 Å². The molecule has 12 heteroatoms. The number of piperidine rings is 1. The molecule has 0 spiro atoms. The van der Waals surface area contributed by atoms with Crippen LogP contribution >= 0.6 is 11.6 Å². The number of anilines is 1. The van der Waals surface area contributed by atoms with Crippen LogP contribution < -0.4 is 15.4 Å². The molecule has 1 amide bonds. The lowest BCUT2D eigenvalue weighted by Gasteiger charge is -2.34. The van der Waals surface area contributed by atoms with Gasteiger partial charge >= 0.3 is 6.09 Å². The Morgan fingerprint density at radius 1 is 1.02 bits per heavy atom. The zero-order valence-electron chi connectivity index (χ0n) is 23.7. The minimum Gasteiger partial charge on any atom is -0.450 e. The number of likely N-dealkylation sites (tertiary alicyclic amines) is 1. The summed E-state index contributed by atoms with van der Waals surface area (Å²) in [5, 5.41) is 9.82. The molecular weight excluding hydrogens is 558 g/mol. The molecule has 4 heterocycles. The zero-order valence-corrected chi connectivity index (χ0v) is 24.5. The number of aliphatic hydroxyl groups is 1. The summed E-state index contributed by atoms with van der Waals surface area (Å²) in [4.78, 5) is 31.5. The summed E-state index contributed by atoms with van der Waals surface area (Å²) in [5.74, 6) is 2.16. The highest BCUT2D eigenvalue weighted by atomic mass is 35.5. The van der Waals surface area contributed by atoms with Crippen LogP contribution in [0.5, 0.6) is 11.6 Å². The molecule has 0 bridgehead atoms. The molecule has 1 aromatic carbocycles. The molecule has 11 nitrogen and oxygen atoms in total. The van der Waals surface area contributed by atoms with Gasteiger partial charge in [0.2, 0.25) is 11.8 Å². The summed E-state index contributed by atoms with van der Waals surface area (Å²) in [6.45, 7) is 7.26. The Hall–Kier alpha value is -3.51. The number of primary amides is 1. The number of rotatable bonds is 11. The Bertz CT molecular complexity index is 1310. The average Bonchev–Trinajstić information content (AvgIpc) is 2.99. The molecule has 2 aliphatic heterocycles. The van der Waals surface area contributed by atoms with Crippen molar-refractivity contribution in [2.24, 2.45) is 11.7 Å². The van der Waals surface area contributed by atoms with Gasteiger partial charge in [0, 0.05) is 55.9 Å². The summed E-state index contributed by atoms with van der Waals surface area (Å²) in [6, 6.07) is 11.7. The summed E-state index contributed by atoms with van der Waals surface area (Å²) in [5.41, 5.74) is 7.86. The highest BCUT2D eigenvalue weighted by Crippen LogP contribution is 2.29. The Balaban J connectivity index is 1.26. The van der Waals surface area contributed by atoms with E-state index < -0.39 is 6.09 Å². The van der Waals surface area contributed by atoms with Gasteiger partial charge in [-0.3, -0.25) is 9.80 Å². The molecule has 0 atom stereocenters. The summed E-state index contributed by atoms with van der Waals surface area (Å²) in [7, 11) is 0. The molecule has 3 N–H and O–H groups in total. The fourth-order valence-corrected chi connectivity index (χ4v) is 5.67. The van der Waals surface area contributed by atoms with E-state index >= 15 is 0 Å². The first kappa shape index (κ1) is 30.0. The second kappa shape index (κ2) is 14.6. The molecule has 2 saturated heterocycles. The van der Waals surface area contributed by atoms with Crippen LogP contribution in [0.3, 0.4) is 0 Å². The molecule has 0 unspecified atom stereocenters. The number of hydrogen-bond acceptors (Lipinski definition) is 10. The van der Waals surface area contributed by atoms with Gasteiger partial charge in [-0.25, -0.2) is 19.7 Å². The lowest BCUT2D eigenvalue weighted by molar-refractivity contribution is 0.127. The minimum absolute atomic E-state index is 0.171. The molecular formula is C30H38ClN7O4. The third-order valence-electron chi connectivity index (χ3n) is 7.77. The topological polar surface area (TPSA) is 130 Å². The number of aromatic nitrogens is 3. The van der Waals surface area contributed by atoms with E-state index in [1.807, 2.05) is 30.3 Å². The number of aliphatic hydroxyl groups excluding tert-OH is 1. The maximum atomic E-state index is 10.8. The number of carbonyl (C=O) groups is 1. The maximum Gasteiger partial charge on any atom is 0.404 e. The number of benzene rings is 1. The Morgan fingerprint density at radius 3 is 2.48 bits per heavy atom. The predicted octanol–water partition coefficient (Wildman–Crippen LogP) is 3.80. The van der Waals surface area contributed by atoms with E-state index in [1.54, 1.807) is 12.4 Å². The van der Waals surface area contributed by atoms with Gasteiger partial charge in [-0.15, -0.1) is 0 Å². The third-order valence-corrected chi connectivity index (χ3v) is 8.01. The summed E-state index contributed by atoms with van der Waals surface area (Å²) < 4.78 is 11.1. The van der Waals surface area contributed by atoms with E-state index in [-0.39, 0.29) is 6.61 Å². The fourth-order valence-electron chi connectivity index (χ4n) is 5.48. The van der Waals surface area contributed by atoms with Crippen LogP contribution in [-0.2, 0) is 11.3 Å². The number of β-amino-alcohol motifs (C(OH)–C–C–N with tert-alkyl or cyclic N) is 1. The van der Waals surface area contributed by atoms with Crippen molar-refractivity contribution in [2.75, 3.05) is 63.9 Å². The second-order valence-electron chi connectivity index (χ2n) is 10.8. The first-order chi connectivity index (χ1) is 20.4. The number of nitrogens with two attached hydrogens (primary N) is 1. The van der Waals surface area contributed by atoms with E-state index in [0.717, 1.165) is 81.9 Å². The lowest BCUT2D eigenvalue weighted by Crippen LogP contribution is -2.47. The molecule has 0 radical (unpaired) electrons. The van der Waals surface area contributed by atoms with Crippen LogP contribution in [0.1, 0.15) is 24.8 Å². The first-order valence-corrected chi connectivity index (χ1v) is 14.8. The van der Waals surface area contributed by atoms with Crippen molar-refractivity contribution in [3.8, 4) is 22.9 Å². The van der Waals surface area contributed by atoms with Gasteiger partial charge in [-0.05, 0) is 62.0 Å². The number of halogens is 1. The number of piperazine rings is 1. The van der Waals surface area contributed by atoms with Gasteiger partial charge in [0.25, 0.3) is 0 Å². The van der Waals surface area contributed by atoms with Crippen molar-refractivity contribution < 1.29 is 19.4 Å². The fraction of sp³-hybridized carbons (Fsp3) is 0.467. The molecule has 0 aliphatic carbocycles. The molecule has 5 rings (SSSR count). The highest BCUT2D eigenvalue weighted by Gasteiger charge is 2.21. The largest absolute Gasteiger partial charge is 0.450 e. The lowest BCUT2D eigenvalue weighted by atomic mass is 9.93. The summed E-state index contributed by atoms with van der Waals surface area (Å²) in [6.07, 6.45) is 5.57. The van der Waals surface area contributed by atoms with Gasteiger partial charge in [0.05, 0.1) is 31.3 Å². The van der Waals surface area contributed by atoms with Gasteiger partial charge in [-0.1, -0.05) is 23.7 Å². The van der Waals surface area contributed by atoms with Crippen molar-refractivity contribution in [1.29, 1.82) is 0 Å². The zero-order chi connectivity index (χ0) is 29.3. The van der Waals surface area contributed by atoms with E-state index in [9.17, 15) is 9.90 Å². The molecule has 2 aliphatic rings. The number of nitrogens with zero attached hydrogens (tertiary/aromatic N) is 6. The quantitative estimate of drug-likeness (QED) is 0.337. The SMILES string of the molecule is NC(=O)OCCC1CCN(Cc2cc(Oc3cnc(N4CCN(CCO)CC4)nc3)nc(-c3cccc(Cl)c3)c2)CC1. The van der Waals surface area contributed by atoms with Crippen LogP contribution in [0.15, 0.2) is 48.8 Å². The van der Waals surface area contributed by atoms with Crippen LogP contribution in [0.4, 0.5) is 10.7 Å². The van der Waals surface area contributed by atoms with E-state index in [0.29, 0.717) is 41.7 Å². The normalized spacial score (nSPS) is 16.9. The van der Waals surface area contributed by atoms with Crippen LogP contribution in [-0.4, -0.2) is 95.0 Å². The third kappa shape index (κ3) is 8.51. The van der Waals surface area contributed by atoms with Gasteiger partial charge in [0.1, 0.15) is 0 Å². The highest BCUT2D eigenvalue weighted by molar-refractivity contribution is 6.30. The molecule has 0 saturated carbocycles. The molecule has 2 fully saturated rings. The number of hydrogen-bond donors (Lipinski definition) is 2. The Kier molecular flexibility index (Phi) is 10.4. The van der Waals surface area contributed by atoms with Gasteiger partial charge in [0.15, 0.2) is 5.75 Å². The second-order valence-corrected chi connectivity index (χ2v) is 11.2. The standard InChI is InChI=1S/C30H38ClN7O4/c31-25-3-1-2-24(18-25)27-16-23(21-37-7-4-22(5-8-37)6-15-41-29(32)40)17-28(35-27)42-26-19-33-30(34-20-26)38-11-9-36(10-12-38)13-14-39/h1-3,16-20,22,39H,4-15,21H2,(H2,32,40). The van der Waals surface area contributed by atoms with Crippen molar-refractivity contribution >= 4 is 23.6 Å². The van der Waals surface area contributed by atoms with Crippen LogP contribution in [0, 0.1) is 5.92 Å². The van der Waals surface area contributed by atoms with Crippen molar-refractivity contribution in [1.82, 2.24) is 24.8 Å². The van der Waals surface area contributed by atoms with Crippen molar-refractivity contribution in [2.45, 2.75) is 25.8 Å². The number of carbonyl (C=O) groups excluding carboxylic acids is 1. The van der Waals surface area contributed by atoms with Crippen LogP contribution in [0.25, 0.3) is 11.3 Å². The maximum absolute atomic E-state index is 10.8. The van der Waals surface area contributed by atoms with E-state index in [4.69, 9.17) is 31.8 Å². The molecule has 2 aromatic heterocycles. The van der Waals surface area contributed by atoms with E-state index in [2.05, 4.69) is 30.7 Å². The van der Waals surface area contributed by atoms with Gasteiger partial charge < -0.3 is 25.2 Å². The monoisotopic (exact) mass is 595 g/mol. The van der Waals surface area contributed by atoms with E-state index in [1.165, 1.54) is 0 Å². The Morgan fingerprint density at radius 2 is 1.79 bits per heavy atom. The first-order valence-electron chi connectivity index (χ1n) is 14.4. The molecule has 224 valence electrons. The average molecular weight is 596 g/mol. The smallest absolute Gasteiger partial charge is 0.404 e. The molecule has 3 aromatic rings. The number of pyridine rings is 1. The summed E-state index contributed by atoms with van der Waals surface area (Å²) >= 11 is 6.29. The predicted molar refractivity (Wildman–Crippen MR) is 161 cm³/mol. The number of ether oxygens (including phenoxy) is 2. The van der Waals surface area contributed by atoms with Gasteiger partial charge in [-0.2, -0.15) is 0 Å². The van der Waals surface area contributed by atoms with Crippen LogP contribution in [0.2, 0.25) is 5.02 Å². The Labute approximate surface area is 251 Å². The minimum atomic E-state index is -0.713. The van der Waals surface area contributed by atoms with Crippen molar-refractivity contribution in [3.05, 3.63) is 59.4 Å².